The van der Waals surface area contributed by atoms with E-state index in [4.69, 9.17) is 0 Å². The summed E-state index contributed by atoms with van der Waals surface area (Å²) < 4.78 is 1.96. The standard InChI is InChI=1S/C22H29N3O3/c1-5-6-7-20(22(27)28)23-21(26)13-12-19-16(3)24-25(17(19)4)14-18-10-8-15(2)9-11-18/h5-6,8-11,20H,7,12-14H2,1-4H3,(H,23,26)(H,27,28)/b6-5+. The highest BCUT2D eigenvalue weighted by Gasteiger charge is 2.19. The summed E-state index contributed by atoms with van der Waals surface area (Å²) in [5.41, 5.74) is 5.38. The first-order chi connectivity index (χ1) is 13.3. The summed E-state index contributed by atoms with van der Waals surface area (Å²) >= 11 is 0. The molecule has 0 spiro atoms. The molecule has 1 unspecified atom stereocenters. The summed E-state index contributed by atoms with van der Waals surface area (Å²) in [6.45, 7) is 8.51. The maximum atomic E-state index is 12.2. The first kappa shape index (κ1) is 21.4. The molecule has 1 heterocycles. The number of aryl methyl sites for hydroxylation is 2. The molecular formula is C22H29N3O3. The summed E-state index contributed by atoms with van der Waals surface area (Å²) in [6, 6.07) is 7.46. The van der Waals surface area contributed by atoms with Crippen molar-refractivity contribution in [2.24, 2.45) is 0 Å². The van der Waals surface area contributed by atoms with Crippen LogP contribution in [0.3, 0.4) is 0 Å². The fourth-order valence-electron chi connectivity index (χ4n) is 3.11. The lowest BCUT2D eigenvalue weighted by Gasteiger charge is -2.12. The van der Waals surface area contributed by atoms with E-state index in [0.29, 0.717) is 13.0 Å². The Hall–Kier alpha value is -2.89. The molecule has 0 aliphatic heterocycles. The van der Waals surface area contributed by atoms with E-state index in [1.165, 1.54) is 11.1 Å². The van der Waals surface area contributed by atoms with Crippen LogP contribution >= 0.6 is 0 Å². The van der Waals surface area contributed by atoms with Crippen molar-refractivity contribution in [2.45, 2.75) is 59.5 Å². The average Bonchev–Trinajstić information content (AvgIpc) is 2.91. The van der Waals surface area contributed by atoms with E-state index in [1.807, 2.05) is 25.5 Å². The van der Waals surface area contributed by atoms with Gasteiger partial charge in [-0.25, -0.2) is 4.79 Å². The highest BCUT2D eigenvalue weighted by molar-refractivity contribution is 5.83. The summed E-state index contributed by atoms with van der Waals surface area (Å²) in [5.74, 6) is -1.29. The van der Waals surface area contributed by atoms with Crippen LogP contribution in [0.5, 0.6) is 0 Å². The molecule has 0 aliphatic rings. The molecule has 0 saturated carbocycles. The van der Waals surface area contributed by atoms with Crippen LogP contribution in [0, 0.1) is 20.8 Å². The number of benzene rings is 1. The van der Waals surface area contributed by atoms with Gasteiger partial charge in [-0.2, -0.15) is 5.10 Å². The maximum absolute atomic E-state index is 12.2. The van der Waals surface area contributed by atoms with E-state index in [-0.39, 0.29) is 18.7 Å². The highest BCUT2D eigenvalue weighted by atomic mass is 16.4. The monoisotopic (exact) mass is 383 g/mol. The van der Waals surface area contributed by atoms with Gasteiger partial charge in [0.2, 0.25) is 5.91 Å². The zero-order chi connectivity index (χ0) is 20.7. The summed E-state index contributed by atoms with van der Waals surface area (Å²) in [6.07, 6.45) is 4.56. The SMILES string of the molecule is C/C=C/CC(NC(=O)CCc1c(C)nn(Cc2ccc(C)cc2)c1C)C(=O)O. The van der Waals surface area contributed by atoms with Crippen LogP contribution in [0.1, 0.15) is 47.8 Å². The van der Waals surface area contributed by atoms with E-state index in [0.717, 1.165) is 17.0 Å². The predicted octanol–water partition coefficient (Wildman–Crippen LogP) is 3.32. The molecular weight excluding hydrogens is 354 g/mol. The van der Waals surface area contributed by atoms with Crippen LogP contribution in [-0.4, -0.2) is 32.8 Å². The van der Waals surface area contributed by atoms with Gasteiger partial charge in [0, 0.05) is 12.1 Å². The van der Waals surface area contributed by atoms with Gasteiger partial charge in [0.05, 0.1) is 12.2 Å². The van der Waals surface area contributed by atoms with E-state index in [2.05, 4.69) is 41.6 Å². The Balaban J connectivity index is 2.00. The Kier molecular flexibility index (Phi) is 7.55. The van der Waals surface area contributed by atoms with Crippen LogP contribution in [0.2, 0.25) is 0 Å². The van der Waals surface area contributed by atoms with Crippen LogP contribution in [0.25, 0.3) is 0 Å². The summed E-state index contributed by atoms with van der Waals surface area (Å²) in [5, 5.41) is 16.4. The number of hydrogen-bond donors (Lipinski definition) is 2. The van der Waals surface area contributed by atoms with Gasteiger partial charge in [0.1, 0.15) is 6.04 Å². The van der Waals surface area contributed by atoms with E-state index in [9.17, 15) is 14.7 Å². The van der Waals surface area contributed by atoms with Gasteiger partial charge in [-0.05, 0) is 51.7 Å². The molecule has 1 amide bonds. The maximum Gasteiger partial charge on any atom is 0.326 e. The van der Waals surface area contributed by atoms with Gasteiger partial charge >= 0.3 is 5.97 Å². The molecule has 1 aromatic heterocycles. The van der Waals surface area contributed by atoms with E-state index in [1.54, 1.807) is 12.2 Å². The highest BCUT2D eigenvalue weighted by Crippen LogP contribution is 2.17. The quantitative estimate of drug-likeness (QED) is 0.651. The molecule has 0 aliphatic carbocycles. The third kappa shape index (κ3) is 5.81. The van der Waals surface area contributed by atoms with Gasteiger partial charge in [-0.3, -0.25) is 9.48 Å². The first-order valence-electron chi connectivity index (χ1n) is 9.53. The number of nitrogens with one attached hydrogen (secondary N) is 1. The number of carbonyl (C=O) groups is 2. The molecule has 1 aromatic carbocycles. The number of amides is 1. The number of hydrogen-bond acceptors (Lipinski definition) is 3. The van der Waals surface area contributed by atoms with Gasteiger partial charge in [0.25, 0.3) is 0 Å². The van der Waals surface area contributed by atoms with Crippen LogP contribution in [-0.2, 0) is 22.6 Å². The molecule has 0 radical (unpaired) electrons. The van der Waals surface area contributed by atoms with Crippen LogP contribution in [0.15, 0.2) is 36.4 Å². The largest absolute Gasteiger partial charge is 0.480 e. The molecule has 6 nitrogen and oxygen atoms in total. The molecule has 0 saturated heterocycles. The third-order valence-electron chi connectivity index (χ3n) is 4.83. The number of nitrogens with zero attached hydrogens (tertiary/aromatic N) is 2. The smallest absolute Gasteiger partial charge is 0.326 e. The molecule has 6 heteroatoms. The minimum Gasteiger partial charge on any atom is -0.480 e. The number of carbonyl (C=O) groups excluding carboxylic acids is 1. The topological polar surface area (TPSA) is 84.2 Å². The Labute approximate surface area is 166 Å². The minimum atomic E-state index is -1.02. The predicted molar refractivity (Wildman–Crippen MR) is 109 cm³/mol. The lowest BCUT2D eigenvalue weighted by atomic mass is 10.1. The molecule has 0 fully saturated rings. The number of aromatic nitrogens is 2. The van der Waals surface area contributed by atoms with Gasteiger partial charge in [-0.15, -0.1) is 0 Å². The second-order valence-electron chi connectivity index (χ2n) is 7.06. The first-order valence-corrected chi connectivity index (χ1v) is 9.53. The van der Waals surface area contributed by atoms with Crippen molar-refractivity contribution in [3.05, 3.63) is 64.5 Å². The fourth-order valence-corrected chi connectivity index (χ4v) is 3.11. The van der Waals surface area contributed by atoms with Crippen molar-refractivity contribution in [1.82, 2.24) is 15.1 Å². The Morgan fingerprint density at radius 3 is 2.50 bits per heavy atom. The van der Waals surface area contributed by atoms with E-state index < -0.39 is 12.0 Å². The number of carboxylic acid groups (broad SMARTS) is 1. The Bertz CT molecular complexity index is 851. The Morgan fingerprint density at radius 1 is 1.21 bits per heavy atom. The van der Waals surface area contributed by atoms with Crippen LogP contribution in [0.4, 0.5) is 0 Å². The van der Waals surface area contributed by atoms with Crippen molar-refractivity contribution in [3.63, 3.8) is 0 Å². The second kappa shape index (κ2) is 9.88. The van der Waals surface area contributed by atoms with Gasteiger partial charge in [-0.1, -0.05) is 42.0 Å². The number of carboxylic acids is 1. The van der Waals surface area contributed by atoms with Crippen molar-refractivity contribution >= 4 is 11.9 Å². The lowest BCUT2D eigenvalue weighted by molar-refractivity contribution is -0.141. The normalized spacial score (nSPS) is 12.3. The number of allylic oxidation sites excluding steroid dienone is 1. The third-order valence-corrected chi connectivity index (χ3v) is 4.83. The van der Waals surface area contributed by atoms with Gasteiger partial charge < -0.3 is 10.4 Å². The lowest BCUT2D eigenvalue weighted by Crippen LogP contribution is -2.40. The molecule has 2 rings (SSSR count). The minimum absolute atomic E-state index is 0.234. The molecule has 28 heavy (non-hydrogen) atoms. The number of aliphatic carboxylic acids is 1. The Morgan fingerprint density at radius 2 is 1.89 bits per heavy atom. The van der Waals surface area contributed by atoms with Gasteiger partial charge in [0.15, 0.2) is 0 Å². The van der Waals surface area contributed by atoms with Crippen molar-refractivity contribution in [3.8, 4) is 0 Å². The van der Waals surface area contributed by atoms with E-state index >= 15 is 0 Å². The number of rotatable bonds is 9. The fraction of sp³-hybridized carbons (Fsp3) is 0.409. The molecule has 0 bridgehead atoms. The molecule has 1 atom stereocenters. The molecule has 2 N–H and O–H groups in total. The van der Waals surface area contributed by atoms with Crippen molar-refractivity contribution < 1.29 is 14.7 Å². The molecule has 150 valence electrons. The zero-order valence-corrected chi connectivity index (χ0v) is 17.0. The zero-order valence-electron chi connectivity index (χ0n) is 17.0. The average molecular weight is 383 g/mol. The summed E-state index contributed by atoms with van der Waals surface area (Å²) in [7, 11) is 0. The molecule has 2 aromatic rings. The second-order valence-corrected chi connectivity index (χ2v) is 7.06. The van der Waals surface area contributed by atoms with Crippen LogP contribution < -0.4 is 5.32 Å². The van der Waals surface area contributed by atoms with Crippen molar-refractivity contribution in [2.75, 3.05) is 0 Å². The summed E-state index contributed by atoms with van der Waals surface area (Å²) in [4.78, 5) is 23.5. The van der Waals surface area contributed by atoms with Crippen molar-refractivity contribution in [1.29, 1.82) is 0 Å².